The Labute approximate surface area is 173 Å². The molecule has 1 amide bonds. The molecule has 156 valence electrons. The van der Waals surface area contributed by atoms with Gasteiger partial charge in [-0.3, -0.25) is 9.59 Å². The van der Waals surface area contributed by atoms with E-state index in [0.717, 1.165) is 10.2 Å². The number of benzene rings is 2. The summed E-state index contributed by atoms with van der Waals surface area (Å²) >= 11 is 0. The smallest absolute Gasteiger partial charge is 0.359 e. The van der Waals surface area contributed by atoms with Crippen LogP contribution in [-0.2, 0) is 16.1 Å². The zero-order valence-corrected chi connectivity index (χ0v) is 16.6. The molecule has 0 spiro atoms. The first-order valence-electron chi connectivity index (χ1n) is 9.60. The number of rotatable bonds is 8. The number of ether oxygens (including phenoxy) is 1. The summed E-state index contributed by atoms with van der Waals surface area (Å²) < 4.78 is 6.13. The van der Waals surface area contributed by atoms with Crippen LogP contribution in [-0.4, -0.2) is 46.5 Å². The summed E-state index contributed by atoms with van der Waals surface area (Å²) in [6, 6.07) is 16.3. The molecule has 2 aromatic carbocycles. The van der Waals surface area contributed by atoms with E-state index in [9.17, 15) is 14.4 Å². The molecule has 8 nitrogen and oxygen atoms in total. The standard InChI is InChI=1S/C22H23N3O5/c1-15(16-7-3-2-4-8-16)13-23-19(27)14-30-22(29)20-17-9-5-6-10-18(17)21(28)25(24-20)11-12-26/h2-10,15,26H,11-14H2,1H3,(H,23,27)/t15-/m1/s1. The van der Waals surface area contributed by atoms with Crippen LogP contribution in [0.3, 0.4) is 0 Å². The summed E-state index contributed by atoms with van der Waals surface area (Å²) in [7, 11) is 0. The molecule has 1 aromatic heterocycles. The number of hydrogen-bond acceptors (Lipinski definition) is 6. The molecule has 3 rings (SSSR count). The molecule has 1 atom stereocenters. The van der Waals surface area contributed by atoms with E-state index >= 15 is 0 Å². The fraction of sp³-hybridized carbons (Fsp3) is 0.273. The molecule has 0 fully saturated rings. The van der Waals surface area contributed by atoms with Crippen LogP contribution in [0.4, 0.5) is 0 Å². The van der Waals surface area contributed by atoms with Crippen molar-refractivity contribution in [3.8, 4) is 0 Å². The summed E-state index contributed by atoms with van der Waals surface area (Å²) in [5.74, 6) is -1.14. The number of fused-ring (bicyclic) bond motifs is 1. The van der Waals surface area contributed by atoms with Gasteiger partial charge in [0.1, 0.15) is 0 Å². The van der Waals surface area contributed by atoms with Gasteiger partial charge in [-0.25, -0.2) is 9.48 Å². The Balaban J connectivity index is 1.66. The van der Waals surface area contributed by atoms with Crippen molar-refractivity contribution in [1.82, 2.24) is 15.1 Å². The van der Waals surface area contributed by atoms with Crippen molar-refractivity contribution in [2.45, 2.75) is 19.4 Å². The predicted molar refractivity (Wildman–Crippen MR) is 111 cm³/mol. The highest BCUT2D eigenvalue weighted by molar-refractivity contribution is 6.02. The van der Waals surface area contributed by atoms with Gasteiger partial charge in [-0.1, -0.05) is 55.5 Å². The lowest BCUT2D eigenvalue weighted by Crippen LogP contribution is -2.32. The van der Waals surface area contributed by atoms with Crippen LogP contribution in [0.2, 0.25) is 0 Å². The number of nitrogens with zero attached hydrogens (tertiary/aromatic N) is 2. The Morgan fingerprint density at radius 3 is 2.47 bits per heavy atom. The van der Waals surface area contributed by atoms with Gasteiger partial charge in [0.15, 0.2) is 12.3 Å². The molecule has 0 aliphatic rings. The van der Waals surface area contributed by atoms with E-state index in [0.29, 0.717) is 11.9 Å². The average Bonchev–Trinajstić information content (AvgIpc) is 2.78. The van der Waals surface area contributed by atoms with Crippen LogP contribution < -0.4 is 10.9 Å². The third-order valence-electron chi connectivity index (χ3n) is 4.68. The second-order valence-electron chi connectivity index (χ2n) is 6.84. The number of carbonyl (C=O) groups is 2. The minimum absolute atomic E-state index is 0.0538. The SMILES string of the molecule is C[C@H](CNC(=O)COC(=O)c1nn(CCO)c(=O)c2ccccc12)c1ccccc1. The summed E-state index contributed by atoms with van der Waals surface area (Å²) in [5, 5.41) is 16.5. The molecule has 0 radical (unpaired) electrons. The van der Waals surface area contributed by atoms with Crippen molar-refractivity contribution >= 4 is 22.6 Å². The van der Waals surface area contributed by atoms with Crippen molar-refractivity contribution in [2.75, 3.05) is 19.8 Å². The van der Waals surface area contributed by atoms with E-state index in [2.05, 4.69) is 10.4 Å². The van der Waals surface area contributed by atoms with Crippen LogP contribution in [0.1, 0.15) is 28.9 Å². The maximum Gasteiger partial charge on any atom is 0.359 e. The van der Waals surface area contributed by atoms with Gasteiger partial charge in [-0.2, -0.15) is 5.10 Å². The van der Waals surface area contributed by atoms with Crippen LogP contribution in [0.25, 0.3) is 10.8 Å². The van der Waals surface area contributed by atoms with Crippen LogP contribution in [0.15, 0.2) is 59.4 Å². The number of aliphatic hydroxyl groups is 1. The Morgan fingerprint density at radius 2 is 1.77 bits per heavy atom. The highest BCUT2D eigenvalue weighted by atomic mass is 16.5. The normalized spacial score (nSPS) is 11.8. The number of esters is 1. The highest BCUT2D eigenvalue weighted by Crippen LogP contribution is 2.15. The minimum Gasteiger partial charge on any atom is -0.451 e. The monoisotopic (exact) mass is 409 g/mol. The summed E-state index contributed by atoms with van der Waals surface area (Å²) in [4.78, 5) is 37.1. The van der Waals surface area contributed by atoms with Crippen LogP contribution in [0.5, 0.6) is 0 Å². The second-order valence-corrected chi connectivity index (χ2v) is 6.84. The predicted octanol–water partition coefficient (Wildman–Crippen LogP) is 1.47. The fourth-order valence-corrected chi connectivity index (χ4v) is 3.05. The topological polar surface area (TPSA) is 111 Å². The molecule has 0 aliphatic carbocycles. The molecule has 3 aromatic rings. The van der Waals surface area contributed by atoms with Crippen molar-refractivity contribution < 1.29 is 19.4 Å². The summed E-state index contributed by atoms with van der Waals surface area (Å²) in [6.07, 6.45) is 0. The summed E-state index contributed by atoms with van der Waals surface area (Å²) in [5.41, 5.74) is 0.601. The lowest BCUT2D eigenvalue weighted by molar-refractivity contribution is -0.124. The van der Waals surface area contributed by atoms with E-state index < -0.39 is 24.0 Å². The molecule has 0 bridgehead atoms. The maximum atomic E-state index is 12.5. The third kappa shape index (κ3) is 4.90. The van der Waals surface area contributed by atoms with Gasteiger partial charge in [0.25, 0.3) is 11.5 Å². The fourth-order valence-electron chi connectivity index (χ4n) is 3.05. The van der Waals surface area contributed by atoms with Gasteiger partial charge < -0.3 is 15.2 Å². The minimum atomic E-state index is -0.816. The first-order chi connectivity index (χ1) is 14.5. The average molecular weight is 409 g/mol. The van der Waals surface area contributed by atoms with E-state index in [1.165, 1.54) is 0 Å². The zero-order valence-electron chi connectivity index (χ0n) is 16.6. The number of carbonyl (C=O) groups excluding carboxylic acids is 2. The molecule has 0 saturated heterocycles. The molecular formula is C22H23N3O5. The molecule has 0 saturated carbocycles. The molecule has 1 heterocycles. The van der Waals surface area contributed by atoms with Crippen molar-refractivity contribution in [1.29, 1.82) is 0 Å². The Morgan fingerprint density at radius 1 is 1.10 bits per heavy atom. The quantitative estimate of drug-likeness (QED) is 0.545. The Kier molecular flexibility index (Phi) is 6.92. The Hall–Kier alpha value is -3.52. The summed E-state index contributed by atoms with van der Waals surface area (Å²) in [6.45, 7) is 1.57. The molecule has 8 heteroatoms. The van der Waals surface area contributed by atoms with Crippen LogP contribution >= 0.6 is 0 Å². The van der Waals surface area contributed by atoms with Gasteiger partial charge in [-0.05, 0) is 17.5 Å². The molecule has 2 N–H and O–H groups in total. The lowest BCUT2D eigenvalue weighted by atomic mass is 10.0. The van der Waals surface area contributed by atoms with Crippen molar-refractivity contribution in [2.24, 2.45) is 0 Å². The van der Waals surface area contributed by atoms with Gasteiger partial charge in [0.05, 0.1) is 18.5 Å². The van der Waals surface area contributed by atoms with Gasteiger partial charge in [0.2, 0.25) is 0 Å². The largest absolute Gasteiger partial charge is 0.451 e. The number of nitrogens with one attached hydrogen (secondary N) is 1. The van der Waals surface area contributed by atoms with E-state index in [4.69, 9.17) is 9.84 Å². The third-order valence-corrected chi connectivity index (χ3v) is 4.68. The highest BCUT2D eigenvalue weighted by Gasteiger charge is 2.19. The first-order valence-corrected chi connectivity index (χ1v) is 9.60. The van der Waals surface area contributed by atoms with E-state index in [1.54, 1.807) is 24.3 Å². The van der Waals surface area contributed by atoms with Crippen molar-refractivity contribution in [3.63, 3.8) is 0 Å². The van der Waals surface area contributed by atoms with Gasteiger partial charge in [-0.15, -0.1) is 0 Å². The van der Waals surface area contributed by atoms with Crippen molar-refractivity contribution in [3.05, 3.63) is 76.2 Å². The lowest BCUT2D eigenvalue weighted by Gasteiger charge is -2.13. The number of hydrogen-bond donors (Lipinski definition) is 2. The molecule has 0 unspecified atom stereocenters. The zero-order chi connectivity index (χ0) is 21.5. The number of aliphatic hydroxyl groups excluding tert-OH is 1. The van der Waals surface area contributed by atoms with Gasteiger partial charge in [0, 0.05) is 11.9 Å². The Bertz CT molecular complexity index is 1090. The molecule has 30 heavy (non-hydrogen) atoms. The first kappa shape index (κ1) is 21.2. The van der Waals surface area contributed by atoms with Gasteiger partial charge >= 0.3 is 5.97 Å². The molecule has 0 aliphatic heterocycles. The van der Waals surface area contributed by atoms with E-state index in [-0.39, 0.29) is 30.1 Å². The number of amides is 1. The maximum absolute atomic E-state index is 12.5. The molecular weight excluding hydrogens is 386 g/mol. The van der Waals surface area contributed by atoms with E-state index in [1.807, 2.05) is 37.3 Å². The second kappa shape index (κ2) is 9.80. The van der Waals surface area contributed by atoms with Crippen LogP contribution in [0, 0.1) is 0 Å². The number of aromatic nitrogens is 2.